The number of nitrogens with one attached hydrogen (secondary N) is 2. The second-order valence-corrected chi connectivity index (χ2v) is 9.16. The zero-order chi connectivity index (χ0) is 26.0. The number of alkyl halides is 3. The van der Waals surface area contributed by atoms with Crippen LogP contribution in [0.5, 0.6) is 0 Å². The molecule has 1 aliphatic rings. The molecule has 3 heterocycles. The molecule has 2 N–H and O–H groups in total. The summed E-state index contributed by atoms with van der Waals surface area (Å²) in [5, 5.41) is 9.49. The number of fused-ring (bicyclic) bond motifs is 1. The van der Waals surface area contributed by atoms with Crippen molar-refractivity contribution in [1.29, 1.82) is 0 Å². The van der Waals surface area contributed by atoms with Crippen molar-refractivity contribution < 1.29 is 22.7 Å². The van der Waals surface area contributed by atoms with Gasteiger partial charge >= 0.3 is 6.18 Å². The largest absolute Gasteiger partial charge is 0.435 e. The number of carbonyl (C=O) groups is 1. The highest BCUT2D eigenvalue weighted by molar-refractivity contribution is 5.94. The van der Waals surface area contributed by atoms with Crippen LogP contribution in [0.25, 0.3) is 21.9 Å². The van der Waals surface area contributed by atoms with Gasteiger partial charge in [-0.2, -0.15) is 18.3 Å². The molecule has 0 saturated carbocycles. The lowest BCUT2D eigenvalue weighted by Gasteiger charge is -2.22. The van der Waals surface area contributed by atoms with Crippen LogP contribution in [0, 0.1) is 5.92 Å². The molecule has 0 spiro atoms. The van der Waals surface area contributed by atoms with E-state index in [0.717, 1.165) is 31.6 Å². The summed E-state index contributed by atoms with van der Waals surface area (Å²) in [5.74, 6) is 0.246. The zero-order valence-electron chi connectivity index (χ0n) is 19.8. The Kier molecular flexibility index (Phi) is 6.84. The number of nitrogens with zero attached hydrogens (tertiary/aromatic N) is 2. The number of halogens is 3. The molecule has 0 radical (unpaired) electrons. The Labute approximate surface area is 210 Å². The maximum atomic E-state index is 13.2. The Balaban J connectivity index is 1.34. The third-order valence-corrected chi connectivity index (χ3v) is 6.63. The molecule has 1 amide bonds. The summed E-state index contributed by atoms with van der Waals surface area (Å²) in [6.07, 6.45) is 0.0603. The van der Waals surface area contributed by atoms with Crippen LogP contribution in [0.15, 0.2) is 65.7 Å². The number of hydrogen-bond acceptors (Lipinski definition) is 4. The first-order valence-corrected chi connectivity index (χ1v) is 12.0. The predicted molar refractivity (Wildman–Crippen MR) is 132 cm³/mol. The molecular formula is C27H25F3N4O3. The number of aromatic nitrogens is 3. The average molecular weight is 511 g/mol. The Morgan fingerprint density at radius 2 is 1.95 bits per heavy atom. The molecule has 7 nitrogen and oxygen atoms in total. The van der Waals surface area contributed by atoms with Crippen LogP contribution in [0.2, 0.25) is 0 Å². The highest BCUT2D eigenvalue weighted by atomic mass is 19.4. The number of carbonyl (C=O) groups excluding carboxylic acids is 1. The predicted octanol–water partition coefficient (Wildman–Crippen LogP) is 4.62. The van der Waals surface area contributed by atoms with Crippen molar-refractivity contribution in [2.24, 2.45) is 5.92 Å². The van der Waals surface area contributed by atoms with Gasteiger partial charge in [-0.15, -0.1) is 0 Å². The molecule has 2 aromatic heterocycles. The quantitative estimate of drug-likeness (QED) is 0.396. The molecule has 1 saturated heterocycles. The van der Waals surface area contributed by atoms with E-state index in [0.29, 0.717) is 34.4 Å². The second kappa shape index (κ2) is 10.2. The molecule has 37 heavy (non-hydrogen) atoms. The van der Waals surface area contributed by atoms with Gasteiger partial charge in [0.2, 0.25) is 0 Å². The lowest BCUT2D eigenvalue weighted by atomic mass is 10.0. The van der Waals surface area contributed by atoms with Crippen LogP contribution < -0.4 is 10.9 Å². The molecule has 1 fully saturated rings. The molecule has 10 heteroatoms. The highest BCUT2D eigenvalue weighted by Crippen LogP contribution is 2.36. The van der Waals surface area contributed by atoms with Gasteiger partial charge in [0, 0.05) is 48.7 Å². The number of pyridine rings is 1. The Hall–Kier alpha value is -3.92. The van der Waals surface area contributed by atoms with Crippen molar-refractivity contribution >= 4 is 16.7 Å². The van der Waals surface area contributed by atoms with Gasteiger partial charge in [0.1, 0.15) is 0 Å². The van der Waals surface area contributed by atoms with E-state index in [1.807, 2.05) is 6.07 Å². The molecule has 0 atom stereocenters. The zero-order valence-corrected chi connectivity index (χ0v) is 19.8. The van der Waals surface area contributed by atoms with E-state index >= 15 is 0 Å². The van der Waals surface area contributed by atoms with Crippen molar-refractivity contribution in [3.8, 4) is 11.1 Å². The average Bonchev–Trinajstić information content (AvgIpc) is 3.41. The number of rotatable bonds is 6. The maximum Gasteiger partial charge on any atom is 0.435 e. The van der Waals surface area contributed by atoms with Crippen LogP contribution in [-0.4, -0.2) is 40.4 Å². The van der Waals surface area contributed by atoms with E-state index < -0.39 is 11.9 Å². The molecule has 4 aromatic rings. The van der Waals surface area contributed by atoms with Crippen molar-refractivity contribution in [1.82, 2.24) is 20.1 Å². The first-order valence-electron chi connectivity index (χ1n) is 12.0. The Morgan fingerprint density at radius 3 is 2.73 bits per heavy atom. The Morgan fingerprint density at radius 1 is 1.14 bits per heavy atom. The van der Waals surface area contributed by atoms with E-state index in [9.17, 15) is 22.8 Å². The van der Waals surface area contributed by atoms with Gasteiger partial charge in [0.05, 0.1) is 6.54 Å². The summed E-state index contributed by atoms with van der Waals surface area (Å²) in [6.45, 7) is 2.28. The smallest absolute Gasteiger partial charge is 0.381 e. The summed E-state index contributed by atoms with van der Waals surface area (Å²) < 4.78 is 46.6. The first-order chi connectivity index (χ1) is 17.8. The van der Waals surface area contributed by atoms with Gasteiger partial charge in [-0.1, -0.05) is 18.2 Å². The lowest BCUT2D eigenvalue weighted by molar-refractivity contribution is -0.140. The summed E-state index contributed by atoms with van der Waals surface area (Å²) >= 11 is 0. The second-order valence-electron chi connectivity index (χ2n) is 9.16. The molecule has 5 rings (SSSR count). The SMILES string of the molecule is O=C(NCC1CCOCC1)c1cccc(Cn2ccc3cc(-c4c[nH]nc4C(F)(F)F)ccc3c2=O)c1. The minimum atomic E-state index is -4.59. The number of aromatic amines is 1. The molecule has 192 valence electrons. The van der Waals surface area contributed by atoms with Crippen LogP contribution in [0.4, 0.5) is 13.2 Å². The summed E-state index contributed by atoms with van der Waals surface area (Å²) in [5.41, 5.74) is 0.253. The van der Waals surface area contributed by atoms with E-state index in [2.05, 4.69) is 15.5 Å². The van der Waals surface area contributed by atoms with Crippen LogP contribution >= 0.6 is 0 Å². The van der Waals surface area contributed by atoms with E-state index in [-0.39, 0.29) is 23.6 Å². The fourth-order valence-electron chi connectivity index (χ4n) is 4.60. The normalized spacial score (nSPS) is 14.7. The van der Waals surface area contributed by atoms with Crippen molar-refractivity contribution in [3.05, 3.63) is 88.1 Å². The lowest BCUT2D eigenvalue weighted by Crippen LogP contribution is -2.32. The minimum absolute atomic E-state index is 0.0782. The van der Waals surface area contributed by atoms with E-state index in [4.69, 9.17) is 4.74 Å². The summed E-state index contributed by atoms with van der Waals surface area (Å²) in [4.78, 5) is 25.8. The number of benzene rings is 2. The van der Waals surface area contributed by atoms with Crippen LogP contribution in [0.3, 0.4) is 0 Å². The van der Waals surface area contributed by atoms with Crippen LogP contribution in [0.1, 0.15) is 34.5 Å². The van der Waals surface area contributed by atoms with E-state index in [1.165, 1.54) is 22.9 Å². The molecule has 0 unspecified atom stereocenters. The summed E-state index contributed by atoms with van der Waals surface area (Å²) in [7, 11) is 0. The monoisotopic (exact) mass is 510 g/mol. The number of H-pyrrole nitrogens is 1. The molecule has 0 bridgehead atoms. The number of ether oxygens (including phenoxy) is 1. The number of amides is 1. The molecular weight excluding hydrogens is 485 g/mol. The summed E-state index contributed by atoms with van der Waals surface area (Å²) in [6, 6.07) is 13.4. The topological polar surface area (TPSA) is 89.0 Å². The fraction of sp³-hybridized carbons (Fsp3) is 0.296. The minimum Gasteiger partial charge on any atom is -0.381 e. The van der Waals surface area contributed by atoms with Gasteiger partial charge in [0.15, 0.2) is 5.69 Å². The van der Waals surface area contributed by atoms with Crippen molar-refractivity contribution in [2.75, 3.05) is 19.8 Å². The van der Waals surface area contributed by atoms with Gasteiger partial charge in [0.25, 0.3) is 11.5 Å². The van der Waals surface area contributed by atoms with Crippen molar-refractivity contribution in [3.63, 3.8) is 0 Å². The number of hydrogen-bond donors (Lipinski definition) is 2. The molecule has 1 aliphatic heterocycles. The maximum absolute atomic E-state index is 13.2. The van der Waals surface area contributed by atoms with Gasteiger partial charge in [-0.3, -0.25) is 14.7 Å². The standard InChI is InChI=1S/C27H25F3N4O3/c28-27(29,30)24-23(15-32-33-24)19-4-5-22-20(13-19)6-9-34(26(22)36)16-18-2-1-3-21(12-18)25(35)31-14-17-7-10-37-11-8-17/h1-6,9,12-13,15,17H,7-8,10-11,14,16H2,(H,31,35)(H,32,33). The highest BCUT2D eigenvalue weighted by Gasteiger charge is 2.36. The van der Waals surface area contributed by atoms with Gasteiger partial charge in [-0.25, -0.2) is 0 Å². The first kappa shape index (κ1) is 24.8. The Bertz CT molecular complexity index is 1490. The van der Waals surface area contributed by atoms with Gasteiger partial charge < -0.3 is 14.6 Å². The fourth-order valence-corrected chi connectivity index (χ4v) is 4.60. The van der Waals surface area contributed by atoms with Gasteiger partial charge in [-0.05, 0) is 65.6 Å². The molecule has 2 aromatic carbocycles. The third kappa shape index (κ3) is 5.43. The van der Waals surface area contributed by atoms with Crippen molar-refractivity contribution in [2.45, 2.75) is 25.6 Å². The van der Waals surface area contributed by atoms with E-state index in [1.54, 1.807) is 36.5 Å². The molecule has 0 aliphatic carbocycles. The third-order valence-electron chi connectivity index (χ3n) is 6.63. The van der Waals surface area contributed by atoms with Crippen LogP contribution in [-0.2, 0) is 17.5 Å².